The van der Waals surface area contributed by atoms with Gasteiger partial charge in [0.1, 0.15) is 78.0 Å². The van der Waals surface area contributed by atoms with Crippen LogP contribution in [-0.4, -0.2) is 277 Å². The number of nitrogens with two attached hydrogens (primary N) is 8. The highest BCUT2D eigenvalue weighted by atomic mass is 35.5. The molecule has 38 N–H and O–H groups in total. The van der Waals surface area contributed by atoms with Crippen LogP contribution in [0, 0.1) is 22.7 Å². The summed E-state index contributed by atoms with van der Waals surface area (Å²) < 4.78 is 0. The first-order chi connectivity index (χ1) is 62.1. The summed E-state index contributed by atoms with van der Waals surface area (Å²) in [5.41, 5.74) is 44.0. The minimum atomic E-state index is -1.90. The van der Waals surface area contributed by atoms with Crippen molar-refractivity contribution >= 4 is 137 Å². The molecule has 0 saturated heterocycles. The van der Waals surface area contributed by atoms with Gasteiger partial charge in [-0.25, -0.2) is 0 Å². The van der Waals surface area contributed by atoms with Gasteiger partial charge in [0.05, 0.1) is 44.8 Å². The fourth-order valence-electron chi connectivity index (χ4n) is 13.1. The lowest BCUT2D eigenvalue weighted by molar-refractivity contribution is -0.138. The number of aliphatic hydroxyl groups is 2. The SMILES string of the molecule is CC(C)C[C@H](NC(=O)[C@H](CCCCN)NC(=O)[C@H](CCCNC(=N)N)NC(=O)[C@H](C)NC(=O)[C@H](CO)NC(=O)[C@H](CCCCN)NC(=O)[C@H](CCCNC(=N)N)NC(=O)C(C)(CC(C)C)NC(=O)CNC(=O)[C@@H](NC(=O)[C@H](Cc1ccccc1)NC(=O)CNC(=O)CNC(=O)[C@@H](N)Cc1ccccc1)[C@H](C)O)C(=O)N[C@@H](C)C(=O)N[C@@H](CC(N)=O)C(=O)N[C@@H](CCC(N)=O)C(N)=O.Cl. The summed E-state index contributed by atoms with van der Waals surface area (Å²) in [7, 11) is 0. The van der Waals surface area contributed by atoms with Crippen molar-refractivity contribution in [3.05, 3.63) is 71.8 Å². The largest absolute Gasteiger partial charge is 0.394 e. The third-order valence-electron chi connectivity index (χ3n) is 20.1. The summed E-state index contributed by atoms with van der Waals surface area (Å²) in [6.07, 6.45) is -2.86. The van der Waals surface area contributed by atoms with E-state index in [1.165, 1.54) is 20.8 Å². The number of benzene rings is 2. The molecule has 0 aliphatic heterocycles. The molecule has 0 saturated carbocycles. The summed E-state index contributed by atoms with van der Waals surface area (Å²) >= 11 is 0. The number of carbonyl (C=O) groups excluding carboxylic acids is 19. The van der Waals surface area contributed by atoms with Crippen molar-refractivity contribution in [1.29, 1.82) is 10.8 Å². The zero-order chi connectivity index (χ0) is 99.5. The van der Waals surface area contributed by atoms with Crippen molar-refractivity contribution in [2.24, 2.45) is 57.7 Å². The Hall–Kier alpha value is -13.0. The molecule has 0 aromatic heterocycles. The van der Waals surface area contributed by atoms with E-state index >= 15 is 0 Å². The molecule has 19 amide bonds. The lowest BCUT2D eigenvalue weighted by Crippen LogP contribution is -2.63. The van der Waals surface area contributed by atoms with Gasteiger partial charge in [0.2, 0.25) is 112 Å². The average Bonchev–Trinajstić information content (AvgIpc) is 0.819. The van der Waals surface area contributed by atoms with E-state index in [0.29, 0.717) is 18.4 Å². The number of guanidine groups is 2. The number of unbranched alkanes of at least 4 members (excludes halogenated alkanes) is 2. The molecule has 0 aliphatic rings. The van der Waals surface area contributed by atoms with E-state index in [0.717, 1.165) is 12.5 Å². The minimum Gasteiger partial charge on any atom is -0.394 e. The number of rotatable bonds is 64. The van der Waals surface area contributed by atoms with Gasteiger partial charge < -0.3 is 152 Å². The Balaban J connectivity index is 0.0000884. The first-order valence-electron chi connectivity index (χ1n) is 43.5. The Kier molecular flexibility index (Phi) is 55.3. The molecule has 2 rings (SSSR count). The molecule has 49 nitrogen and oxygen atoms in total. The standard InChI is InChI=1S/C83H138N28O21.ClH/c1-44(2)35-57(75(127)99-47(6)69(121)106-59(38-62(88)115)76(128)102-52(67(89)119)29-30-61(87)114)107-72(124)53(25-15-17-31-84)104-71(123)55(27-19-33-94-81(90)91)103-68(120)46(5)100-78(130)60(43-112)108-73(125)54(26-16-18-32-85)105-74(126)56(28-20-34-95-82(92)93)109-80(132)83(8,39-45(3)4)111-65(118)42-98-79(131)66(48(7)113)110-77(129)58(37-50-23-13-10-14-24-50)101-64(117)41-96-63(116)40-97-70(122)51(86)36-49-21-11-9-12-22-49;/h9-14,21-24,44-48,51-60,66,112-113H,15-20,25-43,84-86H2,1-8H3,(H2,87,114)(H2,88,115)(H2,89,119)(H,96,116)(H,97,122)(H,98,131)(H,99,127)(H,100,130)(H,101,117)(H,102,128)(H,103,120)(H,104,123)(H,105,126)(H,106,121)(H,107,124)(H,108,125)(H,109,132)(H,110,129)(H,111,118)(H4,90,91,94)(H4,92,93,95);1H/t46-,47-,48-,51-,52-,53-,54-,55-,56-,57-,58-,59-,60-,66-,83?;/m0./s1. The van der Waals surface area contributed by atoms with Crippen LogP contribution in [0.3, 0.4) is 0 Å². The van der Waals surface area contributed by atoms with Gasteiger partial charge in [0, 0.05) is 25.9 Å². The van der Waals surface area contributed by atoms with Gasteiger partial charge in [-0.15, -0.1) is 12.4 Å². The highest BCUT2D eigenvalue weighted by Gasteiger charge is 2.41. The first kappa shape index (κ1) is 118. The third-order valence-corrected chi connectivity index (χ3v) is 20.1. The number of nitrogens with one attached hydrogen (secondary N) is 20. The van der Waals surface area contributed by atoms with Gasteiger partial charge >= 0.3 is 0 Å². The van der Waals surface area contributed by atoms with E-state index in [2.05, 4.69) is 95.7 Å². The maximum atomic E-state index is 14.7. The Bertz CT molecular complexity index is 4220. The van der Waals surface area contributed by atoms with Crippen LogP contribution in [0.4, 0.5) is 0 Å². The summed E-state index contributed by atoms with van der Waals surface area (Å²) in [5, 5.41) is 81.3. The smallest absolute Gasteiger partial charge is 0.246 e. The molecule has 2 aromatic carbocycles. The molecule has 0 fully saturated rings. The maximum absolute atomic E-state index is 14.7. The van der Waals surface area contributed by atoms with Crippen LogP contribution in [0.25, 0.3) is 0 Å². The van der Waals surface area contributed by atoms with Crippen molar-refractivity contribution in [2.45, 2.75) is 255 Å². The van der Waals surface area contributed by atoms with Crippen molar-refractivity contribution < 1.29 is 101 Å². The lowest BCUT2D eigenvalue weighted by atomic mass is 9.89. The molecule has 50 heteroatoms. The highest BCUT2D eigenvalue weighted by molar-refractivity contribution is 6.02. The number of hydrogen-bond donors (Lipinski definition) is 30. The molecule has 1 unspecified atom stereocenters. The summed E-state index contributed by atoms with van der Waals surface area (Å²) in [6, 6.07) is -2.54. The normalized spacial score (nSPS) is 14.5. The van der Waals surface area contributed by atoms with E-state index < -0.39 is 247 Å². The molecular formula is C83H139ClN28O21. The van der Waals surface area contributed by atoms with Crippen LogP contribution in [-0.2, 0) is 104 Å². The van der Waals surface area contributed by atoms with E-state index in [1.807, 2.05) is 0 Å². The Morgan fingerprint density at radius 3 is 1.23 bits per heavy atom. The quantitative estimate of drug-likeness (QED) is 0.0166. The molecule has 133 heavy (non-hydrogen) atoms. The van der Waals surface area contributed by atoms with Crippen molar-refractivity contribution in [3.8, 4) is 0 Å². The van der Waals surface area contributed by atoms with Gasteiger partial charge in [-0.05, 0) is 154 Å². The van der Waals surface area contributed by atoms with Crippen LogP contribution in [0.5, 0.6) is 0 Å². The number of halogens is 1. The zero-order valence-corrected chi connectivity index (χ0v) is 77.2. The maximum Gasteiger partial charge on any atom is 0.246 e. The van der Waals surface area contributed by atoms with Crippen LogP contribution < -0.4 is 142 Å². The number of carbonyl (C=O) groups is 19. The minimum absolute atomic E-state index is 0. The highest BCUT2D eigenvalue weighted by Crippen LogP contribution is 2.20. The summed E-state index contributed by atoms with van der Waals surface area (Å²) in [6.45, 7) is 8.76. The van der Waals surface area contributed by atoms with Crippen molar-refractivity contribution in [2.75, 3.05) is 52.4 Å². The molecule has 0 spiro atoms. The van der Waals surface area contributed by atoms with E-state index in [-0.39, 0.29) is 140 Å². The number of aliphatic hydroxyl groups excluding tert-OH is 2. The Morgan fingerprint density at radius 1 is 0.391 bits per heavy atom. The van der Waals surface area contributed by atoms with Crippen LogP contribution >= 0.6 is 12.4 Å². The molecular weight excluding hydrogens is 1760 g/mol. The zero-order valence-electron chi connectivity index (χ0n) is 76.4. The summed E-state index contributed by atoms with van der Waals surface area (Å²) in [4.78, 5) is 258. The van der Waals surface area contributed by atoms with E-state index in [9.17, 15) is 101 Å². The second-order valence-corrected chi connectivity index (χ2v) is 32.9. The van der Waals surface area contributed by atoms with Crippen LogP contribution in [0.1, 0.15) is 163 Å². The molecule has 2 aromatic rings. The number of primary amides is 3. The molecule has 15 atom stereocenters. The molecule has 0 aliphatic carbocycles. The molecule has 0 radical (unpaired) electrons. The second kappa shape index (κ2) is 62.4. The van der Waals surface area contributed by atoms with Gasteiger partial charge in [-0.1, -0.05) is 88.4 Å². The fourth-order valence-corrected chi connectivity index (χ4v) is 13.1. The first-order valence-corrected chi connectivity index (χ1v) is 43.5. The fraction of sp³-hybridized carbons (Fsp3) is 0.602. The summed E-state index contributed by atoms with van der Waals surface area (Å²) in [5.74, 6) is -20.0. The van der Waals surface area contributed by atoms with E-state index in [4.69, 9.17) is 56.7 Å². The second-order valence-electron chi connectivity index (χ2n) is 32.9. The predicted octanol–water partition coefficient (Wildman–Crippen LogP) is -9.82. The average molecular weight is 1900 g/mol. The number of hydrogen-bond acceptors (Lipinski definition) is 26. The van der Waals surface area contributed by atoms with Gasteiger partial charge in [0.15, 0.2) is 11.9 Å². The lowest BCUT2D eigenvalue weighted by Gasteiger charge is -2.33. The molecule has 0 bridgehead atoms. The van der Waals surface area contributed by atoms with E-state index in [1.54, 1.807) is 88.4 Å². The molecule has 0 heterocycles. The van der Waals surface area contributed by atoms with Crippen molar-refractivity contribution in [1.82, 2.24) is 95.7 Å². The van der Waals surface area contributed by atoms with Crippen LogP contribution in [0.15, 0.2) is 60.7 Å². The predicted molar refractivity (Wildman–Crippen MR) is 489 cm³/mol. The number of amides is 19. The van der Waals surface area contributed by atoms with Gasteiger partial charge in [-0.3, -0.25) is 102 Å². The Morgan fingerprint density at radius 2 is 0.789 bits per heavy atom. The molecule has 744 valence electrons. The van der Waals surface area contributed by atoms with Gasteiger partial charge in [0.25, 0.3) is 0 Å². The third kappa shape index (κ3) is 47.6. The monoisotopic (exact) mass is 1900 g/mol. The Labute approximate surface area is 777 Å². The topological polar surface area (TPSA) is 837 Å². The van der Waals surface area contributed by atoms with Crippen molar-refractivity contribution in [3.63, 3.8) is 0 Å². The van der Waals surface area contributed by atoms with Crippen LogP contribution in [0.2, 0.25) is 0 Å². The van der Waals surface area contributed by atoms with Gasteiger partial charge in [-0.2, -0.15) is 0 Å².